The van der Waals surface area contributed by atoms with Gasteiger partial charge in [0.25, 0.3) is 0 Å². The van der Waals surface area contributed by atoms with Gasteiger partial charge in [-0.2, -0.15) is 0 Å². The highest BCUT2D eigenvalue weighted by Crippen LogP contribution is 2.31. The third-order valence-electron chi connectivity index (χ3n) is 3.95. The van der Waals surface area contributed by atoms with Gasteiger partial charge in [0.2, 0.25) is 0 Å². The highest BCUT2D eigenvalue weighted by atomic mass is 127. The Kier molecular flexibility index (Phi) is 6.69. The second-order valence-corrected chi connectivity index (χ2v) is 14.3. The molecule has 0 saturated carbocycles. The first-order valence-corrected chi connectivity index (χ1v) is 13.1. The van der Waals surface area contributed by atoms with Crippen LogP contribution in [0.4, 0.5) is 0 Å². The van der Waals surface area contributed by atoms with Crippen molar-refractivity contribution in [2.45, 2.75) is 58.4 Å². The zero-order chi connectivity index (χ0) is 17.9. The second-order valence-electron chi connectivity index (χ2n) is 7.48. The molecule has 134 valence electrons. The van der Waals surface area contributed by atoms with Crippen LogP contribution in [0, 0.1) is 3.57 Å². The van der Waals surface area contributed by atoms with E-state index >= 15 is 0 Å². The van der Waals surface area contributed by atoms with Crippen molar-refractivity contribution in [1.29, 1.82) is 0 Å². The van der Waals surface area contributed by atoms with Crippen LogP contribution in [-0.2, 0) is 11.5 Å². The quantitative estimate of drug-likeness (QED) is 0.366. The lowest BCUT2D eigenvalue weighted by molar-refractivity contribution is 0.0898. The number of hydrogen-bond donors (Lipinski definition) is 1. The highest BCUT2D eigenvalue weighted by Gasteiger charge is 2.17. The van der Waals surface area contributed by atoms with Gasteiger partial charge in [0.1, 0.15) is 24.2 Å². The van der Waals surface area contributed by atoms with E-state index in [2.05, 4.69) is 53.4 Å². The molecule has 2 atom stereocenters. The number of pyridine rings is 1. The molecule has 0 amide bonds. The number of ether oxygens (including phenoxy) is 2. The van der Waals surface area contributed by atoms with Gasteiger partial charge >= 0.3 is 0 Å². The topological polar surface area (TPSA) is 62.3 Å². The summed E-state index contributed by atoms with van der Waals surface area (Å²) in [5.74, 6) is 0.829. The summed E-state index contributed by atoms with van der Waals surface area (Å²) < 4.78 is 15.1. The first-order chi connectivity index (χ1) is 11.2. The van der Waals surface area contributed by atoms with Crippen LogP contribution in [-0.4, -0.2) is 36.4 Å². The average Bonchev–Trinajstić information content (AvgIpc) is 2.80. The largest absolute Gasteiger partial charge is 0.488 e. The zero-order valence-electron chi connectivity index (χ0n) is 15.2. The molecule has 0 aromatic carbocycles. The van der Waals surface area contributed by atoms with Crippen molar-refractivity contribution in [3.8, 4) is 5.75 Å². The van der Waals surface area contributed by atoms with Crippen LogP contribution in [0.2, 0.25) is 25.7 Å². The van der Waals surface area contributed by atoms with E-state index in [1.165, 1.54) is 0 Å². The Hall–Kier alpha value is -0.643. The monoisotopic (exact) mass is 461 g/mol. The van der Waals surface area contributed by atoms with Crippen molar-refractivity contribution < 1.29 is 9.47 Å². The van der Waals surface area contributed by atoms with Crippen molar-refractivity contribution in [2.75, 3.05) is 6.61 Å². The van der Waals surface area contributed by atoms with Crippen LogP contribution < -0.4 is 10.5 Å². The molecule has 1 unspecified atom stereocenters. The van der Waals surface area contributed by atoms with E-state index in [-0.39, 0.29) is 12.1 Å². The lowest BCUT2D eigenvalue weighted by Crippen LogP contribution is -2.33. The molecule has 0 aliphatic rings. The third kappa shape index (κ3) is 5.17. The first-order valence-electron chi connectivity index (χ1n) is 8.32. The van der Waals surface area contributed by atoms with Gasteiger partial charge in [0, 0.05) is 36.7 Å². The van der Waals surface area contributed by atoms with Crippen LogP contribution in [0.25, 0.3) is 11.0 Å². The van der Waals surface area contributed by atoms with E-state index in [1.54, 1.807) is 6.20 Å². The molecule has 0 aliphatic carbocycles. The number of hydrogen-bond acceptors (Lipinski definition) is 4. The summed E-state index contributed by atoms with van der Waals surface area (Å²) in [7, 11) is -1.07. The van der Waals surface area contributed by atoms with Crippen molar-refractivity contribution in [3.05, 3.63) is 22.0 Å². The van der Waals surface area contributed by atoms with Gasteiger partial charge in [0.15, 0.2) is 0 Å². The molecule has 0 spiro atoms. The van der Waals surface area contributed by atoms with E-state index in [0.717, 1.165) is 33.0 Å². The van der Waals surface area contributed by atoms with Crippen molar-refractivity contribution in [2.24, 2.45) is 5.73 Å². The molecule has 2 N–H and O–H groups in total. The molecule has 24 heavy (non-hydrogen) atoms. The van der Waals surface area contributed by atoms with Crippen LogP contribution in [0.3, 0.4) is 0 Å². The zero-order valence-corrected chi connectivity index (χ0v) is 18.3. The Labute approximate surface area is 159 Å². The van der Waals surface area contributed by atoms with E-state index in [4.69, 9.17) is 15.2 Å². The van der Waals surface area contributed by atoms with Gasteiger partial charge in [-0.3, -0.25) is 0 Å². The minimum atomic E-state index is -1.07. The van der Waals surface area contributed by atoms with Crippen LogP contribution in [0.5, 0.6) is 5.75 Å². The molecular weight excluding hydrogens is 433 g/mol. The lowest BCUT2D eigenvalue weighted by Gasteiger charge is -2.18. The normalized spacial score (nSPS) is 14.8. The fourth-order valence-corrected chi connectivity index (χ4v) is 3.78. The Morgan fingerprint density at radius 1 is 1.33 bits per heavy atom. The maximum atomic E-state index is 6.04. The molecule has 5 nitrogen and oxygen atoms in total. The Bertz CT molecular complexity index is 682. The SMILES string of the molecule is CC(Oc1ccnc2c1c(I)cn2COCC[Si](C)(C)C)[C@@H](C)N. The van der Waals surface area contributed by atoms with E-state index < -0.39 is 8.07 Å². The number of aromatic nitrogens is 2. The summed E-state index contributed by atoms with van der Waals surface area (Å²) >= 11 is 2.32. The van der Waals surface area contributed by atoms with E-state index in [0.29, 0.717) is 6.73 Å². The van der Waals surface area contributed by atoms with Crippen LogP contribution in [0.1, 0.15) is 13.8 Å². The molecule has 0 aliphatic heterocycles. The first kappa shape index (κ1) is 19.7. The third-order valence-corrected chi connectivity index (χ3v) is 6.47. The predicted octanol–water partition coefficient (Wildman–Crippen LogP) is 4.07. The molecule has 0 saturated heterocycles. The number of halogens is 1. The fourth-order valence-electron chi connectivity index (χ4n) is 2.18. The molecule has 2 rings (SSSR count). The average molecular weight is 461 g/mol. The summed E-state index contributed by atoms with van der Waals surface area (Å²) in [4.78, 5) is 4.52. The summed E-state index contributed by atoms with van der Waals surface area (Å²) in [6.45, 7) is 12.3. The van der Waals surface area contributed by atoms with Crippen LogP contribution in [0.15, 0.2) is 18.5 Å². The van der Waals surface area contributed by atoms with Crippen LogP contribution >= 0.6 is 22.6 Å². The van der Waals surface area contributed by atoms with Gasteiger partial charge in [-0.1, -0.05) is 19.6 Å². The summed E-state index contributed by atoms with van der Waals surface area (Å²) in [6.07, 6.45) is 3.79. The van der Waals surface area contributed by atoms with Gasteiger partial charge in [0.05, 0.1) is 5.39 Å². The Morgan fingerprint density at radius 3 is 2.67 bits per heavy atom. The van der Waals surface area contributed by atoms with Gasteiger partial charge in [-0.05, 0) is 48.5 Å². The highest BCUT2D eigenvalue weighted by molar-refractivity contribution is 14.1. The number of nitrogens with two attached hydrogens (primary N) is 1. The maximum absolute atomic E-state index is 6.04. The molecular formula is C17H28IN3O2Si. The summed E-state index contributed by atoms with van der Waals surface area (Å²) in [5, 5.41) is 1.03. The number of fused-ring (bicyclic) bond motifs is 1. The molecule has 2 aromatic rings. The van der Waals surface area contributed by atoms with Crippen molar-refractivity contribution in [3.63, 3.8) is 0 Å². The predicted molar refractivity (Wildman–Crippen MR) is 110 cm³/mol. The minimum absolute atomic E-state index is 0.0298. The van der Waals surface area contributed by atoms with Crippen molar-refractivity contribution >= 4 is 41.7 Å². The standard InChI is InChI=1S/C17H28IN3O2Si/c1-12(19)13(2)23-15-6-7-20-17-16(15)14(18)10-21(17)11-22-8-9-24(3,4)5/h6-7,10,12-13H,8-9,11,19H2,1-5H3/t12-,13?/m1/s1. The number of rotatable bonds is 8. The fraction of sp³-hybridized carbons (Fsp3) is 0.588. The Morgan fingerprint density at radius 2 is 2.04 bits per heavy atom. The molecule has 0 fully saturated rings. The molecule has 2 heterocycles. The molecule has 7 heteroatoms. The van der Waals surface area contributed by atoms with Gasteiger partial charge in [-0.25, -0.2) is 4.98 Å². The van der Waals surface area contributed by atoms with E-state index in [1.807, 2.05) is 24.5 Å². The molecule has 0 bridgehead atoms. The van der Waals surface area contributed by atoms with Gasteiger partial charge in [-0.15, -0.1) is 0 Å². The minimum Gasteiger partial charge on any atom is -0.488 e. The summed E-state index contributed by atoms with van der Waals surface area (Å²) in [6, 6.07) is 3.04. The van der Waals surface area contributed by atoms with E-state index in [9.17, 15) is 0 Å². The molecule has 0 radical (unpaired) electrons. The smallest absolute Gasteiger partial charge is 0.146 e. The van der Waals surface area contributed by atoms with Crippen molar-refractivity contribution in [1.82, 2.24) is 9.55 Å². The Balaban J connectivity index is 2.16. The summed E-state index contributed by atoms with van der Waals surface area (Å²) in [5.41, 5.74) is 6.81. The molecule has 2 aromatic heterocycles. The lowest BCUT2D eigenvalue weighted by atomic mass is 10.2. The maximum Gasteiger partial charge on any atom is 0.146 e. The van der Waals surface area contributed by atoms with Gasteiger partial charge < -0.3 is 19.8 Å². The number of nitrogens with zero attached hydrogens (tertiary/aromatic N) is 2. The second kappa shape index (κ2) is 8.16.